The van der Waals surface area contributed by atoms with Crippen LogP contribution in [-0.4, -0.2) is 66.7 Å². The third kappa shape index (κ3) is 5.00. The van der Waals surface area contributed by atoms with Crippen molar-refractivity contribution in [3.05, 3.63) is 0 Å². The topological polar surface area (TPSA) is 72.9 Å². The van der Waals surface area contributed by atoms with Crippen molar-refractivity contribution in [2.45, 2.75) is 32.7 Å². The number of rotatable bonds is 5. The molecular formula is C14H27N3O3. The molecule has 6 nitrogen and oxygen atoms in total. The number of nitrogens with zero attached hydrogens (tertiary/aromatic N) is 2. The third-order valence-corrected chi connectivity index (χ3v) is 3.74. The van der Waals surface area contributed by atoms with Gasteiger partial charge in [-0.05, 0) is 38.8 Å². The summed E-state index contributed by atoms with van der Waals surface area (Å²) in [6.07, 6.45) is 1.95. The van der Waals surface area contributed by atoms with Crippen LogP contribution in [0.4, 0.5) is 4.79 Å². The lowest BCUT2D eigenvalue weighted by atomic mass is 9.96. The summed E-state index contributed by atoms with van der Waals surface area (Å²) in [6, 6.07) is -1.07. The fourth-order valence-corrected chi connectivity index (χ4v) is 2.57. The normalized spacial score (nSPS) is 18.4. The van der Waals surface area contributed by atoms with Gasteiger partial charge in [0, 0.05) is 19.6 Å². The number of piperidine rings is 1. The Balaban J connectivity index is 2.44. The number of carbonyl (C=O) groups is 2. The number of carbonyl (C=O) groups excluding carboxylic acids is 1. The van der Waals surface area contributed by atoms with Crippen molar-refractivity contribution in [1.82, 2.24) is 15.1 Å². The van der Waals surface area contributed by atoms with Crippen LogP contribution in [0.2, 0.25) is 0 Å². The second-order valence-corrected chi connectivity index (χ2v) is 6.20. The summed E-state index contributed by atoms with van der Waals surface area (Å²) in [4.78, 5) is 27.1. The lowest BCUT2D eigenvalue weighted by molar-refractivity contribution is -0.140. The van der Waals surface area contributed by atoms with Gasteiger partial charge in [0.05, 0.1) is 0 Å². The number of carboxylic acid groups (broad SMARTS) is 1. The van der Waals surface area contributed by atoms with Crippen molar-refractivity contribution in [2.24, 2.45) is 11.8 Å². The Morgan fingerprint density at radius 3 is 2.25 bits per heavy atom. The first-order valence-electron chi connectivity index (χ1n) is 7.24. The van der Waals surface area contributed by atoms with Crippen molar-refractivity contribution in [2.75, 3.05) is 33.7 Å². The minimum atomic E-state index is -0.976. The van der Waals surface area contributed by atoms with E-state index in [0.29, 0.717) is 19.0 Å². The van der Waals surface area contributed by atoms with Crippen molar-refractivity contribution >= 4 is 12.0 Å². The fourth-order valence-electron chi connectivity index (χ4n) is 2.57. The Hall–Kier alpha value is -1.30. The van der Waals surface area contributed by atoms with Crippen LogP contribution in [0.1, 0.15) is 26.7 Å². The van der Waals surface area contributed by atoms with Crippen LogP contribution < -0.4 is 5.32 Å². The molecule has 0 saturated carbocycles. The summed E-state index contributed by atoms with van der Waals surface area (Å²) in [5.41, 5.74) is 0. The standard InChI is InChI=1S/C14H27N3O3/c1-10(2)12(13(18)19)15-14(20)17-7-5-11(6-8-17)9-16(3)4/h10-12H,5-9H2,1-4H3,(H,15,20)(H,18,19). The van der Waals surface area contributed by atoms with E-state index in [0.717, 1.165) is 19.4 Å². The number of urea groups is 1. The number of hydrogen-bond donors (Lipinski definition) is 2. The summed E-state index contributed by atoms with van der Waals surface area (Å²) < 4.78 is 0. The van der Waals surface area contributed by atoms with Crippen LogP contribution in [-0.2, 0) is 4.79 Å². The highest BCUT2D eigenvalue weighted by atomic mass is 16.4. The first-order chi connectivity index (χ1) is 9.31. The van der Waals surface area contributed by atoms with Gasteiger partial charge in [0.25, 0.3) is 0 Å². The van der Waals surface area contributed by atoms with E-state index >= 15 is 0 Å². The van der Waals surface area contributed by atoms with Gasteiger partial charge in [0.15, 0.2) is 0 Å². The fraction of sp³-hybridized carbons (Fsp3) is 0.857. The molecule has 116 valence electrons. The monoisotopic (exact) mass is 285 g/mol. The maximum Gasteiger partial charge on any atom is 0.326 e. The highest BCUT2D eigenvalue weighted by Gasteiger charge is 2.28. The Kier molecular flexibility index (Phi) is 6.26. The number of likely N-dealkylation sites (tertiary alicyclic amines) is 1. The van der Waals surface area contributed by atoms with Gasteiger partial charge < -0.3 is 20.2 Å². The van der Waals surface area contributed by atoms with Gasteiger partial charge in [-0.1, -0.05) is 13.8 Å². The molecule has 0 aromatic rings. The minimum absolute atomic E-state index is 0.122. The van der Waals surface area contributed by atoms with Crippen molar-refractivity contribution in [3.63, 3.8) is 0 Å². The van der Waals surface area contributed by atoms with Crippen LogP contribution in [0.5, 0.6) is 0 Å². The number of aliphatic carboxylic acids is 1. The Bertz CT molecular complexity index is 337. The van der Waals surface area contributed by atoms with E-state index in [1.54, 1.807) is 18.7 Å². The van der Waals surface area contributed by atoms with Crippen molar-refractivity contribution in [3.8, 4) is 0 Å². The first-order valence-corrected chi connectivity index (χ1v) is 7.24. The van der Waals surface area contributed by atoms with E-state index < -0.39 is 12.0 Å². The number of amides is 2. The van der Waals surface area contributed by atoms with Crippen molar-refractivity contribution in [1.29, 1.82) is 0 Å². The second kappa shape index (κ2) is 7.47. The van der Waals surface area contributed by atoms with Gasteiger partial charge in [-0.15, -0.1) is 0 Å². The van der Waals surface area contributed by atoms with Gasteiger partial charge >= 0.3 is 12.0 Å². The third-order valence-electron chi connectivity index (χ3n) is 3.74. The lowest BCUT2D eigenvalue weighted by Crippen LogP contribution is -2.52. The summed E-state index contributed by atoms with van der Waals surface area (Å²) in [6.45, 7) is 6.04. The Morgan fingerprint density at radius 1 is 1.30 bits per heavy atom. The second-order valence-electron chi connectivity index (χ2n) is 6.20. The van der Waals surface area contributed by atoms with E-state index in [4.69, 9.17) is 5.11 Å². The highest BCUT2D eigenvalue weighted by molar-refractivity contribution is 5.82. The van der Waals surface area contributed by atoms with E-state index in [1.165, 1.54) is 0 Å². The molecule has 1 rings (SSSR count). The van der Waals surface area contributed by atoms with Crippen LogP contribution in [0.25, 0.3) is 0 Å². The van der Waals surface area contributed by atoms with Crippen LogP contribution >= 0.6 is 0 Å². The highest BCUT2D eigenvalue weighted by Crippen LogP contribution is 2.18. The maximum atomic E-state index is 12.1. The molecule has 0 spiro atoms. The van der Waals surface area contributed by atoms with Gasteiger partial charge in [-0.3, -0.25) is 0 Å². The van der Waals surface area contributed by atoms with E-state index in [1.807, 2.05) is 0 Å². The molecule has 0 bridgehead atoms. The van der Waals surface area contributed by atoms with Gasteiger partial charge in [0.1, 0.15) is 6.04 Å². The number of nitrogens with one attached hydrogen (secondary N) is 1. The molecule has 0 radical (unpaired) electrons. The molecule has 20 heavy (non-hydrogen) atoms. The Morgan fingerprint density at radius 2 is 1.85 bits per heavy atom. The van der Waals surface area contributed by atoms with Crippen molar-refractivity contribution < 1.29 is 14.7 Å². The molecule has 6 heteroatoms. The molecular weight excluding hydrogens is 258 g/mol. The molecule has 1 aliphatic heterocycles. The van der Waals surface area contributed by atoms with E-state index in [-0.39, 0.29) is 11.9 Å². The molecule has 1 heterocycles. The van der Waals surface area contributed by atoms with Crippen LogP contribution in [0.3, 0.4) is 0 Å². The van der Waals surface area contributed by atoms with E-state index in [9.17, 15) is 9.59 Å². The predicted molar refractivity (Wildman–Crippen MR) is 77.6 cm³/mol. The Labute approximate surface area is 121 Å². The van der Waals surface area contributed by atoms with Gasteiger partial charge in [-0.25, -0.2) is 9.59 Å². The predicted octanol–water partition coefficient (Wildman–Crippen LogP) is 1.08. The molecule has 2 N–H and O–H groups in total. The summed E-state index contributed by atoms with van der Waals surface area (Å²) in [7, 11) is 4.11. The van der Waals surface area contributed by atoms with Crippen LogP contribution in [0, 0.1) is 11.8 Å². The van der Waals surface area contributed by atoms with Gasteiger partial charge in [-0.2, -0.15) is 0 Å². The number of hydrogen-bond acceptors (Lipinski definition) is 3. The first kappa shape index (κ1) is 16.8. The molecule has 1 aliphatic rings. The smallest absolute Gasteiger partial charge is 0.326 e. The summed E-state index contributed by atoms with van der Waals surface area (Å²) in [5.74, 6) is -0.479. The van der Waals surface area contributed by atoms with E-state index in [2.05, 4.69) is 24.3 Å². The summed E-state index contributed by atoms with van der Waals surface area (Å²) in [5, 5.41) is 11.7. The largest absolute Gasteiger partial charge is 0.480 e. The quantitative estimate of drug-likeness (QED) is 0.793. The zero-order valence-corrected chi connectivity index (χ0v) is 12.9. The molecule has 0 aromatic heterocycles. The molecule has 0 aliphatic carbocycles. The average Bonchev–Trinajstić information content (AvgIpc) is 2.35. The van der Waals surface area contributed by atoms with Crippen LogP contribution in [0.15, 0.2) is 0 Å². The number of carboxylic acids is 1. The minimum Gasteiger partial charge on any atom is -0.480 e. The van der Waals surface area contributed by atoms with Gasteiger partial charge in [0.2, 0.25) is 0 Å². The zero-order valence-electron chi connectivity index (χ0n) is 12.9. The molecule has 1 atom stereocenters. The molecule has 1 fully saturated rings. The molecule has 1 saturated heterocycles. The average molecular weight is 285 g/mol. The maximum absolute atomic E-state index is 12.1. The lowest BCUT2D eigenvalue weighted by Gasteiger charge is -2.34. The molecule has 0 aromatic carbocycles. The zero-order chi connectivity index (χ0) is 15.3. The molecule has 2 amide bonds. The SMILES string of the molecule is CC(C)C(NC(=O)N1CCC(CN(C)C)CC1)C(=O)O. The molecule has 1 unspecified atom stereocenters. The summed E-state index contributed by atoms with van der Waals surface area (Å²) >= 11 is 0.